The number of hydrazine groups is 4. The molecule has 0 amide bonds. The third-order valence-corrected chi connectivity index (χ3v) is 1.94. The lowest BCUT2D eigenvalue weighted by Gasteiger charge is -2.28. The van der Waals surface area contributed by atoms with Crippen LogP contribution in [0.25, 0.3) is 0 Å². The molecule has 0 aliphatic rings. The van der Waals surface area contributed by atoms with Crippen LogP contribution >= 0.6 is 0 Å². The summed E-state index contributed by atoms with van der Waals surface area (Å²) in [4.78, 5) is 0. The molecular weight excluding hydrogens is 204 g/mol. The minimum absolute atomic E-state index is 0.904. The molecule has 16 heavy (non-hydrogen) atoms. The molecule has 0 heterocycles. The van der Waals surface area contributed by atoms with Gasteiger partial charge in [-0.15, -0.1) is 0 Å². The Kier molecular flexibility index (Phi) is 11.1. The maximum Gasteiger partial charge on any atom is 0.0444 e. The Labute approximate surface area is 99.6 Å². The molecule has 0 unspecified atom stereocenters. The molecule has 0 bridgehead atoms. The second-order valence-corrected chi connectivity index (χ2v) is 3.35. The Hall–Kier alpha value is -0.240. The van der Waals surface area contributed by atoms with Gasteiger partial charge in [-0.1, -0.05) is 27.7 Å². The highest BCUT2D eigenvalue weighted by molar-refractivity contribution is 4.51. The van der Waals surface area contributed by atoms with Crippen molar-refractivity contribution < 1.29 is 0 Å². The zero-order valence-electron chi connectivity index (χ0n) is 11.1. The minimum atomic E-state index is 0.904. The zero-order chi connectivity index (χ0) is 12.2. The fourth-order valence-electron chi connectivity index (χ4n) is 1.39. The van der Waals surface area contributed by atoms with Crippen LogP contribution in [0.5, 0.6) is 0 Å². The highest BCUT2D eigenvalue weighted by atomic mass is 15.8. The van der Waals surface area contributed by atoms with Crippen molar-refractivity contribution in [3.63, 3.8) is 0 Å². The molecule has 6 heteroatoms. The first-order valence-electron chi connectivity index (χ1n) is 6.27. The fraction of sp³-hybridized carbons (Fsp3) is 1.00. The zero-order valence-corrected chi connectivity index (χ0v) is 11.1. The molecule has 4 N–H and O–H groups in total. The summed E-state index contributed by atoms with van der Waals surface area (Å²) in [5.41, 5.74) is 13.1. The van der Waals surface area contributed by atoms with Crippen molar-refractivity contribution in [1.82, 2.24) is 31.9 Å². The van der Waals surface area contributed by atoms with E-state index in [1.807, 2.05) is 10.2 Å². The number of hydrogen-bond acceptors (Lipinski definition) is 6. The van der Waals surface area contributed by atoms with Gasteiger partial charge in [0.05, 0.1) is 0 Å². The van der Waals surface area contributed by atoms with Gasteiger partial charge >= 0.3 is 0 Å². The van der Waals surface area contributed by atoms with Crippen molar-refractivity contribution in [3.05, 3.63) is 0 Å². The van der Waals surface area contributed by atoms with Crippen LogP contribution in [0.1, 0.15) is 27.7 Å². The maximum absolute atomic E-state index is 3.26. The van der Waals surface area contributed by atoms with Crippen molar-refractivity contribution in [1.29, 1.82) is 0 Å². The van der Waals surface area contributed by atoms with E-state index < -0.39 is 0 Å². The first-order chi connectivity index (χ1) is 7.78. The second kappa shape index (κ2) is 11.3. The molecule has 98 valence electrons. The van der Waals surface area contributed by atoms with Crippen LogP contribution in [-0.4, -0.2) is 49.5 Å². The number of rotatable bonds is 11. The number of nitrogens with one attached hydrogen (secondary N) is 4. The molecule has 0 rings (SSSR count). The quantitative estimate of drug-likeness (QED) is 0.367. The van der Waals surface area contributed by atoms with Gasteiger partial charge in [0.1, 0.15) is 0 Å². The maximum atomic E-state index is 3.26. The van der Waals surface area contributed by atoms with E-state index in [1.54, 1.807) is 0 Å². The lowest BCUT2D eigenvalue weighted by Crippen LogP contribution is -2.55. The predicted molar refractivity (Wildman–Crippen MR) is 68.1 cm³/mol. The van der Waals surface area contributed by atoms with Crippen LogP contribution in [-0.2, 0) is 0 Å². The van der Waals surface area contributed by atoms with Crippen molar-refractivity contribution >= 4 is 0 Å². The summed E-state index contributed by atoms with van der Waals surface area (Å²) in [6.07, 6.45) is 0. The third kappa shape index (κ3) is 7.98. The minimum Gasteiger partial charge on any atom is -0.242 e. The molecule has 0 atom stereocenters. The SMILES string of the molecule is CCNN(CCN(NCC)NCC)NCC. The van der Waals surface area contributed by atoms with Gasteiger partial charge in [-0.25, -0.2) is 21.7 Å². The third-order valence-electron chi connectivity index (χ3n) is 1.94. The summed E-state index contributed by atoms with van der Waals surface area (Å²) < 4.78 is 0. The largest absolute Gasteiger partial charge is 0.242 e. The Morgan fingerprint density at radius 1 is 0.562 bits per heavy atom. The van der Waals surface area contributed by atoms with Gasteiger partial charge in [-0.05, 0) is 0 Å². The predicted octanol–water partition coefficient (Wildman–Crippen LogP) is -0.312. The number of nitrogens with zero attached hydrogens (tertiary/aromatic N) is 2. The van der Waals surface area contributed by atoms with Gasteiger partial charge in [0, 0.05) is 39.3 Å². The first kappa shape index (κ1) is 15.8. The summed E-state index contributed by atoms with van der Waals surface area (Å²) in [6.45, 7) is 13.9. The molecule has 0 aromatic rings. The lowest BCUT2D eigenvalue weighted by molar-refractivity contribution is 0.0586. The molecular formula is C10H28N6. The van der Waals surface area contributed by atoms with Crippen LogP contribution in [0.3, 0.4) is 0 Å². The van der Waals surface area contributed by atoms with Crippen LogP contribution in [0, 0.1) is 0 Å². The van der Waals surface area contributed by atoms with Crippen molar-refractivity contribution in [2.24, 2.45) is 0 Å². The van der Waals surface area contributed by atoms with E-state index in [-0.39, 0.29) is 0 Å². The smallest absolute Gasteiger partial charge is 0.0444 e. The Morgan fingerprint density at radius 2 is 0.812 bits per heavy atom. The van der Waals surface area contributed by atoms with Crippen LogP contribution in [0.15, 0.2) is 0 Å². The van der Waals surface area contributed by atoms with Crippen LogP contribution < -0.4 is 21.7 Å². The van der Waals surface area contributed by atoms with Gasteiger partial charge in [0.15, 0.2) is 0 Å². The molecule has 0 spiro atoms. The molecule has 0 aromatic carbocycles. The van der Waals surface area contributed by atoms with Gasteiger partial charge in [-0.2, -0.15) is 10.2 Å². The molecule has 0 aromatic heterocycles. The molecule has 0 saturated carbocycles. The molecule has 0 aliphatic carbocycles. The van der Waals surface area contributed by atoms with Gasteiger partial charge in [-0.3, -0.25) is 0 Å². The van der Waals surface area contributed by atoms with Crippen molar-refractivity contribution in [2.75, 3.05) is 39.3 Å². The summed E-state index contributed by atoms with van der Waals surface area (Å²) >= 11 is 0. The summed E-state index contributed by atoms with van der Waals surface area (Å²) in [6, 6.07) is 0. The second-order valence-electron chi connectivity index (χ2n) is 3.35. The first-order valence-corrected chi connectivity index (χ1v) is 6.27. The Morgan fingerprint density at radius 3 is 1.00 bits per heavy atom. The van der Waals surface area contributed by atoms with E-state index >= 15 is 0 Å². The van der Waals surface area contributed by atoms with E-state index in [2.05, 4.69) is 49.4 Å². The number of hydrogen-bond donors (Lipinski definition) is 4. The summed E-state index contributed by atoms with van der Waals surface area (Å²) in [5.74, 6) is 0. The summed E-state index contributed by atoms with van der Waals surface area (Å²) in [5, 5.41) is 4.06. The lowest BCUT2D eigenvalue weighted by atomic mass is 10.6. The Bertz CT molecular complexity index is 115. The standard InChI is InChI=1S/C10H28N6/c1-5-11-15(12-6-2)9-10-16(13-7-3)14-8-4/h11-14H,5-10H2,1-4H3. The fourth-order valence-corrected chi connectivity index (χ4v) is 1.39. The molecule has 0 aliphatic heterocycles. The van der Waals surface area contributed by atoms with E-state index in [0.717, 1.165) is 39.3 Å². The summed E-state index contributed by atoms with van der Waals surface area (Å²) in [7, 11) is 0. The van der Waals surface area contributed by atoms with Gasteiger partial charge < -0.3 is 0 Å². The van der Waals surface area contributed by atoms with E-state index in [9.17, 15) is 0 Å². The molecule has 0 fully saturated rings. The topological polar surface area (TPSA) is 54.6 Å². The average Bonchev–Trinajstić information content (AvgIpc) is 2.27. The van der Waals surface area contributed by atoms with Gasteiger partial charge in [0.25, 0.3) is 0 Å². The monoisotopic (exact) mass is 232 g/mol. The van der Waals surface area contributed by atoms with E-state index in [1.165, 1.54) is 0 Å². The van der Waals surface area contributed by atoms with Crippen LogP contribution in [0.4, 0.5) is 0 Å². The van der Waals surface area contributed by atoms with E-state index in [4.69, 9.17) is 0 Å². The van der Waals surface area contributed by atoms with E-state index in [0.29, 0.717) is 0 Å². The molecule has 0 radical (unpaired) electrons. The average molecular weight is 232 g/mol. The molecule has 0 saturated heterocycles. The normalized spacial score (nSPS) is 11.6. The Balaban J connectivity index is 3.83. The van der Waals surface area contributed by atoms with Gasteiger partial charge in [0.2, 0.25) is 0 Å². The van der Waals surface area contributed by atoms with Crippen molar-refractivity contribution in [2.45, 2.75) is 27.7 Å². The highest BCUT2D eigenvalue weighted by Gasteiger charge is 2.05. The highest BCUT2D eigenvalue weighted by Crippen LogP contribution is 1.81. The van der Waals surface area contributed by atoms with Crippen molar-refractivity contribution in [3.8, 4) is 0 Å². The molecule has 6 nitrogen and oxygen atoms in total. The van der Waals surface area contributed by atoms with Crippen LogP contribution in [0.2, 0.25) is 0 Å².